The molecular weight excluding hydrogens is 393 g/mol. The highest BCUT2D eigenvalue weighted by Crippen LogP contribution is 2.38. The number of rotatable bonds is 4. The third-order valence-corrected chi connectivity index (χ3v) is 4.15. The first-order chi connectivity index (χ1) is 12.1. The number of hydrogen-bond acceptors (Lipinski definition) is 4. The number of methoxy groups -OCH3 is 1. The Bertz CT molecular complexity index is 838. The van der Waals surface area contributed by atoms with E-state index >= 15 is 0 Å². The van der Waals surface area contributed by atoms with E-state index in [1.165, 1.54) is 31.4 Å². The number of fused-ring (bicyclic) bond motifs is 1. The molecule has 5 nitrogen and oxygen atoms in total. The minimum atomic E-state index is -0.486. The van der Waals surface area contributed by atoms with Gasteiger partial charge in [-0.25, -0.2) is 4.39 Å². The number of anilines is 1. The first-order valence-electron chi connectivity index (χ1n) is 7.48. The maximum Gasteiger partial charge on any atom is 0.248 e. The lowest BCUT2D eigenvalue weighted by Gasteiger charge is -2.19. The Morgan fingerprint density at radius 1 is 1.24 bits per heavy atom. The second kappa shape index (κ2) is 7.57. The van der Waals surface area contributed by atoms with E-state index in [2.05, 4.69) is 21.2 Å². The zero-order chi connectivity index (χ0) is 17.8. The third-order valence-electron chi connectivity index (χ3n) is 3.49. The number of halogens is 2. The van der Waals surface area contributed by atoms with E-state index < -0.39 is 5.82 Å². The van der Waals surface area contributed by atoms with Gasteiger partial charge in [0.05, 0.1) is 12.8 Å². The molecule has 0 bridgehead atoms. The molecule has 0 atom stereocenters. The van der Waals surface area contributed by atoms with Crippen molar-refractivity contribution < 1.29 is 23.4 Å². The molecule has 130 valence electrons. The van der Waals surface area contributed by atoms with E-state index in [9.17, 15) is 9.18 Å². The van der Waals surface area contributed by atoms with Gasteiger partial charge in [-0.05, 0) is 39.7 Å². The fourth-order valence-electron chi connectivity index (χ4n) is 2.29. The van der Waals surface area contributed by atoms with Gasteiger partial charge in [-0.15, -0.1) is 0 Å². The molecule has 0 radical (unpaired) electrons. The van der Waals surface area contributed by atoms with Crippen LogP contribution < -0.4 is 19.5 Å². The highest BCUT2D eigenvalue weighted by atomic mass is 79.9. The van der Waals surface area contributed by atoms with Gasteiger partial charge in [0, 0.05) is 22.7 Å². The zero-order valence-corrected chi connectivity index (χ0v) is 14.9. The van der Waals surface area contributed by atoms with Crippen LogP contribution in [0.4, 0.5) is 10.1 Å². The third kappa shape index (κ3) is 4.11. The van der Waals surface area contributed by atoms with E-state index in [0.717, 1.165) is 0 Å². The number of hydrogen-bond donors (Lipinski definition) is 1. The Morgan fingerprint density at radius 2 is 1.96 bits per heavy atom. The largest absolute Gasteiger partial charge is 0.494 e. The smallest absolute Gasteiger partial charge is 0.248 e. The Morgan fingerprint density at radius 3 is 2.64 bits per heavy atom. The first kappa shape index (κ1) is 17.3. The van der Waals surface area contributed by atoms with Crippen molar-refractivity contribution in [2.24, 2.45) is 0 Å². The second-order valence-corrected chi connectivity index (χ2v) is 6.05. The van der Waals surface area contributed by atoms with Gasteiger partial charge in [-0.3, -0.25) is 4.79 Å². The van der Waals surface area contributed by atoms with Gasteiger partial charge in [0.1, 0.15) is 13.2 Å². The van der Waals surface area contributed by atoms with Crippen molar-refractivity contribution in [3.05, 3.63) is 52.3 Å². The fraction of sp³-hybridized carbons (Fsp3) is 0.167. The van der Waals surface area contributed by atoms with E-state index in [-0.39, 0.29) is 11.7 Å². The van der Waals surface area contributed by atoms with Crippen molar-refractivity contribution in [2.75, 3.05) is 25.6 Å². The van der Waals surface area contributed by atoms with Crippen LogP contribution in [0.3, 0.4) is 0 Å². The number of ether oxygens (including phenoxy) is 3. The molecule has 0 unspecified atom stereocenters. The summed E-state index contributed by atoms with van der Waals surface area (Å²) in [5.41, 5.74) is 1.11. The SMILES string of the molecule is COc1ccc(/C=C/C(=O)Nc2cc3c(cc2Br)OCCO3)cc1F. The molecule has 0 aromatic heterocycles. The molecule has 0 aliphatic carbocycles. The van der Waals surface area contributed by atoms with Gasteiger partial charge < -0.3 is 19.5 Å². The van der Waals surface area contributed by atoms with Gasteiger partial charge in [-0.1, -0.05) is 6.07 Å². The molecule has 0 saturated heterocycles. The van der Waals surface area contributed by atoms with Crippen LogP contribution in [0.2, 0.25) is 0 Å². The number of amides is 1. The van der Waals surface area contributed by atoms with Gasteiger partial charge in [0.15, 0.2) is 23.1 Å². The Labute approximate surface area is 152 Å². The molecule has 0 saturated carbocycles. The highest BCUT2D eigenvalue weighted by Gasteiger charge is 2.15. The highest BCUT2D eigenvalue weighted by molar-refractivity contribution is 9.10. The first-order valence-corrected chi connectivity index (χ1v) is 8.28. The molecule has 7 heteroatoms. The summed E-state index contributed by atoms with van der Waals surface area (Å²) >= 11 is 3.39. The van der Waals surface area contributed by atoms with Crippen LogP contribution in [0.5, 0.6) is 17.2 Å². The van der Waals surface area contributed by atoms with E-state index in [1.807, 2.05) is 0 Å². The lowest BCUT2D eigenvalue weighted by molar-refractivity contribution is -0.111. The minimum absolute atomic E-state index is 0.154. The van der Waals surface area contributed by atoms with Crippen molar-refractivity contribution in [3.8, 4) is 17.2 Å². The summed E-state index contributed by atoms with van der Waals surface area (Å²) in [6.07, 6.45) is 2.84. The molecule has 1 aliphatic rings. The molecule has 1 N–H and O–H groups in total. The second-order valence-electron chi connectivity index (χ2n) is 5.19. The molecule has 2 aromatic rings. The van der Waals surface area contributed by atoms with Crippen molar-refractivity contribution in [3.63, 3.8) is 0 Å². The average Bonchev–Trinajstić information content (AvgIpc) is 2.61. The van der Waals surface area contributed by atoms with Gasteiger partial charge >= 0.3 is 0 Å². The summed E-state index contributed by atoms with van der Waals surface area (Å²) in [4.78, 5) is 12.1. The molecule has 1 aliphatic heterocycles. The van der Waals surface area contributed by atoms with E-state index in [4.69, 9.17) is 14.2 Å². The summed E-state index contributed by atoms with van der Waals surface area (Å²) in [7, 11) is 1.40. The van der Waals surface area contributed by atoms with Crippen LogP contribution >= 0.6 is 15.9 Å². The molecule has 1 heterocycles. The molecule has 1 amide bonds. The summed E-state index contributed by atoms with van der Waals surface area (Å²) in [5, 5.41) is 2.74. The van der Waals surface area contributed by atoms with E-state index in [0.29, 0.717) is 40.4 Å². The summed E-state index contributed by atoms with van der Waals surface area (Å²) in [5.74, 6) is 0.515. The summed E-state index contributed by atoms with van der Waals surface area (Å²) in [6, 6.07) is 7.89. The van der Waals surface area contributed by atoms with Crippen molar-refractivity contribution in [1.82, 2.24) is 0 Å². The quantitative estimate of drug-likeness (QED) is 0.777. The Hall–Kier alpha value is -2.54. The maximum absolute atomic E-state index is 13.6. The fourth-order valence-corrected chi connectivity index (χ4v) is 2.71. The zero-order valence-electron chi connectivity index (χ0n) is 13.3. The number of carbonyl (C=O) groups is 1. The Balaban J connectivity index is 1.71. The number of benzene rings is 2. The predicted octanol–water partition coefficient (Wildman–Crippen LogP) is 4.02. The molecule has 0 fully saturated rings. The van der Waals surface area contributed by atoms with Crippen molar-refractivity contribution in [2.45, 2.75) is 0 Å². The molecule has 2 aromatic carbocycles. The minimum Gasteiger partial charge on any atom is -0.494 e. The van der Waals surface area contributed by atoms with Crippen molar-refractivity contribution >= 4 is 33.6 Å². The summed E-state index contributed by atoms with van der Waals surface area (Å²) < 4.78 is 30.1. The van der Waals surface area contributed by atoms with Crippen LogP contribution in [0.1, 0.15) is 5.56 Å². The van der Waals surface area contributed by atoms with Crippen molar-refractivity contribution in [1.29, 1.82) is 0 Å². The van der Waals surface area contributed by atoms with E-state index in [1.54, 1.807) is 18.2 Å². The van der Waals surface area contributed by atoms with Gasteiger partial charge in [0.25, 0.3) is 0 Å². The average molecular weight is 408 g/mol. The van der Waals surface area contributed by atoms with Crippen LogP contribution in [0.25, 0.3) is 6.08 Å². The standard InChI is InChI=1S/C18H15BrFNO4/c1-23-15-4-2-11(8-13(15)20)3-5-18(22)21-14-10-17-16(9-12(14)19)24-6-7-25-17/h2-5,8-10H,6-7H2,1H3,(H,21,22)/b5-3+. The molecule has 25 heavy (non-hydrogen) atoms. The molecule has 3 rings (SSSR count). The van der Waals surface area contributed by atoms with Gasteiger partial charge in [0.2, 0.25) is 5.91 Å². The summed E-state index contributed by atoms with van der Waals surface area (Å²) in [6.45, 7) is 0.956. The lowest BCUT2D eigenvalue weighted by Crippen LogP contribution is -2.16. The number of carbonyl (C=O) groups excluding carboxylic acids is 1. The number of nitrogens with one attached hydrogen (secondary N) is 1. The topological polar surface area (TPSA) is 56.8 Å². The normalized spacial score (nSPS) is 12.9. The molecule has 0 spiro atoms. The predicted molar refractivity (Wildman–Crippen MR) is 95.7 cm³/mol. The van der Waals surface area contributed by atoms with Crippen LogP contribution in [-0.2, 0) is 4.79 Å². The Kier molecular flexibility index (Phi) is 5.23. The van der Waals surface area contributed by atoms with Crippen LogP contribution in [-0.4, -0.2) is 26.2 Å². The van der Waals surface area contributed by atoms with Crippen LogP contribution in [0, 0.1) is 5.82 Å². The maximum atomic E-state index is 13.6. The molecular formula is C18H15BrFNO4. The van der Waals surface area contributed by atoms with Gasteiger partial charge in [-0.2, -0.15) is 0 Å². The van der Waals surface area contributed by atoms with Crippen LogP contribution in [0.15, 0.2) is 40.9 Å². The lowest BCUT2D eigenvalue weighted by atomic mass is 10.2. The monoisotopic (exact) mass is 407 g/mol.